The Hall–Kier alpha value is -0.610. The average molecular weight is 160 g/mol. The van der Waals surface area contributed by atoms with E-state index in [0.717, 1.165) is 6.54 Å². The summed E-state index contributed by atoms with van der Waals surface area (Å²) < 4.78 is 9.44. The Morgan fingerprint density at radius 1 is 1.55 bits per heavy atom. The second kappa shape index (κ2) is 6.12. The van der Waals surface area contributed by atoms with Gasteiger partial charge in [-0.15, -0.1) is 0 Å². The highest BCUT2D eigenvalue weighted by atomic mass is 16.7. The second-order valence-corrected chi connectivity index (χ2v) is 2.44. The number of hydrogen-bond donors (Lipinski definition) is 0. The van der Waals surface area contributed by atoms with Crippen LogP contribution in [0, 0.1) is 0 Å². The fourth-order valence-corrected chi connectivity index (χ4v) is 0.503. The van der Waals surface area contributed by atoms with Gasteiger partial charge in [0.15, 0.2) is 0 Å². The molecule has 0 aromatic rings. The second-order valence-electron chi connectivity index (χ2n) is 2.44. The van der Waals surface area contributed by atoms with Crippen molar-refractivity contribution < 1.29 is 14.3 Å². The van der Waals surface area contributed by atoms with Gasteiger partial charge in [0.1, 0.15) is 0 Å². The lowest BCUT2D eigenvalue weighted by atomic mass is 10.6. The highest BCUT2D eigenvalue weighted by molar-refractivity contribution is 5.38. The van der Waals surface area contributed by atoms with E-state index in [1.165, 1.54) is 6.47 Å². The summed E-state index contributed by atoms with van der Waals surface area (Å²) in [5.41, 5.74) is 0. The van der Waals surface area contributed by atoms with E-state index in [2.05, 4.69) is 4.74 Å². The van der Waals surface area contributed by atoms with E-state index in [-0.39, 0.29) is 0 Å². The monoisotopic (exact) mass is 160 g/mol. The summed E-state index contributed by atoms with van der Waals surface area (Å²) in [5, 5.41) is 0. The first-order chi connectivity index (χ1) is 5.16. The topological polar surface area (TPSA) is 38.8 Å². The molecule has 65 valence electrons. The van der Waals surface area contributed by atoms with Gasteiger partial charge in [-0.3, -0.25) is 0 Å². The van der Waals surface area contributed by atoms with Crippen molar-refractivity contribution in [2.45, 2.75) is 13.2 Å². The van der Waals surface area contributed by atoms with Gasteiger partial charge in [-0.05, 0) is 21.0 Å². The Balaban J connectivity index is 3.16. The fraction of sp³-hybridized carbons (Fsp3) is 0.857. The molecule has 0 aromatic carbocycles. The van der Waals surface area contributed by atoms with Crippen molar-refractivity contribution >= 4 is 6.47 Å². The van der Waals surface area contributed by atoms with Crippen molar-refractivity contribution in [3.8, 4) is 0 Å². The van der Waals surface area contributed by atoms with Crippen LogP contribution < -0.4 is 0 Å². The first kappa shape index (κ1) is 10.4. The Kier molecular flexibility index (Phi) is 5.78. The summed E-state index contributed by atoms with van der Waals surface area (Å²) >= 11 is 0. The van der Waals surface area contributed by atoms with Crippen molar-refractivity contribution in [3.05, 3.63) is 0 Å². The van der Waals surface area contributed by atoms with Gasteiger partial charge in [-0.25, -0.2) is 4.79 Å². The molecule has 0 heterocycles. The summed E-state index contributed by atoms with van der Waals surface area (Å²) in [4.78, 5) is 11.7. The molecule has 0 amide bonds. The number of ether oxygens (including phenoxy) is 2. The molecule has 1 unspecified atom stereocenters. The minimum absolute atomic E-state index is 0.493. The molecule has 11 heavy (non-hydrogen) atoms. The minimum atomic E-state index is -0.493. The lowest BCUT2D eigenvalue weighted by Gasteiger charge is -2.12. The SMILES string of the molecule is CC(O[C]=O)OCCN(C)C. The fourth-order valence-electron chi connectivity index (χ4n) is 0.503. The van der Waals surface area contributed by atoms with Crippen molar-refractivity contribution in [1.29, 1.82) is 0 Å². The Morgan fingerprint density at radius 2 is 2.18 bits per heavy atom. The normalized spacial score (nSPS) is 13.1. The molecule has 0 N–H and O–H groups in total. The summed E-state index contributed by atoms with van der Waals surface area (Å²) in [6, 6.07) is 0. The van der Waals surface area contributed by atoms with Gasteiger partial charge in [-0.2, -0.15) is 0 Å². The van der Waals surface area contributed by atoms with Crippen LogP contribution in [-0.4, -0.2) is 44.9 Å². The van der Waals surface area contributed by atoms with Crippen LogP contribution in [0.3, 0.4) is 0 Å². The maximum Gasteiger partial charge on any atom is 0.419 e. The van der Waals surface area contributed by atoms with Gasteiger partial charge in [0.2, 0.25) is 6.29 Å². The number of nitrogens with zero attached hydrogens (tertiary/aromatic N) is 1. The molecule has 0 aliphatic carbocycles. The number of likely N-dealkylation sites (N-methyl/N-ethyl adjacent to an activating group) is 1. The van der Waals surface area contributed by atoms with E-state index in [1.807, 2.05) is 19.0 Å². The van der Waals surface area contributed by atoms with E-state index in [4.69, 9.17) is 4.74 Å². The largest absolute Gasteiger partial charge is 0.428 e. The van der Waals surface area contributed by atoms with Crippen LogP contribution in [0.25, 0.3) is 0 Å². The number of carbonyl (C=O) groups excluding carboxylic acids is 1. The van der Waals surface area contributed by atoms with Crippen LogP contribution in [0.2, 0.25) is 0 Å². The van der Waals surface area contributed by atoms with Crippen LogP contribution in [-0.2, 0) is 14.3 Å². The van der Waals surface area contributed by atoms with Crippen LogP contribution in [0.5, 0.6) is 0 Å². The quantitative estimate of drug-likeness (QED) is 0.512. The lowest BCUT2D eigenvalue weighted by Crippen LogP contribution is -2.22. The van der Waals surface area contributed by atoms with Gasteiger partial charge in [0.05, 0.1) is 6.61 Å². The molecule has 0 aliphatic heterocycles. The average Bonchev–Trinajstić information content (AvgIpc) is 1.87. The zero-order chi connectivity index (χ0) is 8.69. The molecule has 4 nitrogen and oxygen atoms in total. The molecule has 1 atom stereocenters. The van der Waals surface area contributed by atoms with Gasteiger partial charge in [0, 0.05) is 6.54 Å². The minimum Gasteiger partial charge on any atom is -0.428 e. The molecule has 0 fully saturated rings. The molecule has 1 radical (unpaired) electrons. The van der Waals surface area contributed by atoms with Crippen molar-refractivity contribution in [3.63, 3.8) is 0 Å². The first-order valence-electron chi connectivity index (χ1n) is 3.46. The third kappa shape index (κ3) is 7.29. The molecular weight excluding hydrogens is 146 g/mol. The molecule has 0 aromatic heterocycles. The van der Waals surface area contributed by atoms with Gasteiger partial charge in [0.25, 0.3) is 0 Å². The molecule has 0 bridgehead atoms. The van der Waals surface area contributed by atoms with Crippen molar-refractivity contribution in [2.75, 3.05) is 27.2 Å². The van der Waals surface area contributed by atoms with E-state index in [1.54, 1.807) is 6.92 Å². The lowest BCUT2D eigenvalue weighted by molar-refractivity contribution is -0.0783. The van der Waals surface area contributed by atoms with Gasteiger partial charge >= 0.3 is 6.47 Å². The van der Waals surface area contributed by atoms with Gasteiger partial charge < -0.3 is 14.4 Å². The zero-order valence-electron chi connectivity index (χ0n) is 7.16. The summed E-state index contributed by atoms with van der Waals surface area (Å²) in [6.07, 6.45) is -0.493. The summed E-state index contributed by atoms with van der Waals surface area (Å²) in [7, 11) is 3.89. The molecule has 0 rings (SSSR count). The summed E-state index contributed by atoms with van der Waals surface area (Å²) in [6.45, 7) is 4.33. The molecule has 0 aliphatic rings. The van der Waals surface area contributed by atoms with E-state index in [0.29, 0.717) is 6.61 Å². The molecule has 0 spiro atoms. The van der Waals surface area contributed by atoms with Crippen molar-refractivity contribution in [1.82, 2.24) is 4.90 Å². The third-order valence-electron chi connectivity index (χ3n) is 1.11. The smallest absolute Gasteiger partial charge is 0.419 e. The standard InChI is InChI=1S/C7H14NO3/c1-7(11-6-9)10-5-4-8(2)3/h7H,4-5H2,1-3H3. The Labute approximate surface area is 67.1 Å². The highest BCUT2D eigenvalue weighted by Crippen LogP contribution is 1.90. The maximum atomic E-state index is 9.67. The number of hydrogen-bond acceptors (Lipinski definition) is 4. The van der Waals surface area contributed by atoms with E-state index < -0.39 is 6.29 Å². The van der Waals surface area contributed by atoms with Gasteiger partial charge in [-0.1, -0.05) is 0 Å². The zero-order valence-corrected chi connectivity index (χ0v) is 7.16. The third-order valence-corrected chi connectivity index (χ3v) is 1.11. The summed E-state index contributed by atoms with van der Waals surface area (Å²) in [5.74, 6) is 0. The Bertz CT molecular complexity index is 106. The molecular formula is C7H14NO3. The van der Waals surface area contributed by atoms with Crippen LogP contribution in [0.4, 0.5) is 0 Å². The molecule has 4 heteroatoms. The van der Waals surface area contributed by atoms with E-state index in [9.17, 15) is 4.79 Å². The van der Waals surface area contributed by atoms with Crippen LogP contribution in [0.15, 0.2) is 0 Å². The van der Waals surface area contributed by atoms with E-state index >= 15 is 0 Å². The van der Waals surface area contributed by atoms with Crippen LogP contribution >= 0.6 is 0 Å². The maximum absolute atomic E-state index is 9.67. The Morgan fingerprint density at radius 3 is 2.64 bits per heavy atom. The first-order valence-corrected chi connectivity index (χ1v) is 3.46. The van der Waals surface area contributed by atoms with Crippen LogP contribution in [0.1, 0.15) is 6.92 Å². The number of rotatable bonds is 6. The molecule has 0 saturated heterocycles. The predicted molar refractivity (Wildman–Crippen MR) is 40.7 cm³/mol. The molecule has 0 saturated carbocycles. The predicted octanol–water partition coefficient (Wildman–Crippen LogP) is -0.00560. The highest BCUT2D eigenvalue weighted by Gasteiger charge is 2.00. The van der Waals surface area contributed by atoms with Crippen molar-refractivity contribution in [2.24, 2.45) is 0 Å².